The number of carbonyl (C=O) groups excluding carboxylic acids is 1. The molecule has 9 nitrogen and oxygen atoms in total. The Labute approximate surface area is 151 Å². The van der Waals surface area contributed by atoms with Gasteiger partial charge in [-0.15, -0.1) is 0 Å². The molecule has 146 valence electrons. The lowest BCUT2D eigenvalue weighted by molar-refractivity contribution is -0.159. The van der Waals surface area contributed by atoms with Crippen molar-refractivity contribution in [3.05, 3.63) is 33.1 Å². The van der Waals surface area contributed by atoms with Crippen LogP contribution in [0.15, 0.2) is 21.9 Å². The van der Waals surface area contributed by atoms with Gasteiger partial charge in [0.2, 0.25) is 0 Å². The minimum absolute atomic E-state index is 0.0275. The Bertz CT molecular complexity index is 724. The zero-order valence-electron chi connectivity index (χ0n) is 15.6. The smallest absolute Gasteiger partial charge is 0.330 e. The molecule has 1 fully saturated rings. The van der Waals surface area contributed by atoms with Gasteiger partial charge in [0.25, 0.3) is 5.56 Å². The fraction of sp³-hybridized carbons (Fsp3) is 0.706. The van der Waals surface area contributed by atoms with Gasteiger partial charge in [-0.05, 0) is 27.7 Å². The molecule has 1 saturated heterocycles. The van der Waals surface area contributed by atoms with E-state index in [1.807, 2.05) is 27.7 Å². The molecule has 0 aliphatic carbocycles. The molecule has 0 saturated carbocycles. The number of aromatic nitrogens is 2. The molecule has 9 heteroatoms. The van der Waals surface area contributed by atoms with Crippen LogP contribution in [0.5, 0.6) is 0 Å². The fourth-order valence-corrected chi connectivity index (χ4v) is 2.78. The Kier molecular flexibility index (Phi) is 6.74. The molecular weight excluding hydrogens is 344 g/mol. The summed E-state index contributed by atoms with van der Waals surface area (Å²) in [7, 11) is 0. The minimum atomic E-state index is -0.937. The monoisotopic (exact) mass is 370 g/mol. The van der Waals surface area contributed by atoms with Crippen molar-refractivity contribution in [2.24, 2.45) is 0 Å². The van der Waals surface area contributed by atoms with E-state index in [4.69, 9.17) is 18.9 Å². The van der Waals surface area contributed by atoms with Gasteiger partial charge in [0, 0.05) is 19.2 Å². The van der Waals surface area contributed by atoms with Crippen LogP contribution in [-0.2, 0) is 23.7 Å². The van der Waals surface area contributed by atoms with Gasteiger partial charge in [0.05, 0.1) is 18.8 Å². The fourth-order valence-electron chi connectivity index (χ4n) is 2.78. The van der Waals surface area contributed by atoms with Crippen molar-refractivity contribution in [3.63, 3.8) is 0 Å². The summed E-state index contributed by atoms with van der Waals surface area (Å²) in [6.07, 6.45) is -1.85. The lowest BCUT2D eigenvalue weighted by atomic mass is 10.1. The van der Waals surface area contributed by atoms with Crippen LogP contribution in [0.2, 0.25) is 0 Å². The van der Waals surface area contributed by atoms with Crippen LogP contribution in [-0.4, -0.2) is 52.6 Å². The van der Waals surface area contributed by atoms with E-state index in [-0.39, 0.29) is 18.8 Å². The Balaban J connectivity index is 2.38. The second kappa shape index (κ2) is 8.61. The van der Waals surface area contributed by atoms with Crippen molar-refractivity contribution in [2.45, 2.75) is 71.4 Å². The summed E-state index contributed by atoms with van der Waals surface area (Å²) in [5.41, 5.74) is -1.18. The quantitative estimate of drug-likeness (QED) is 0.700. The van der Waals surface area contributed by atoms with Gasteiger partial charge in [-0.2, -0.15) is 0 Å². The molecule has 2 rings (SSSR count). The normalized spacial score (nSPS) is 25.8. The van der Waals surface area contributed by atoms with Crippen molar-refractivity contribution in [1.82, 2.24) is 9.55 Å². The van der Waals surface area contributed by atoms with E-state index in [0.717, 1.165) is 0 Å². The Morgan fingerprint density at radius 3 is 2.46 bits per heavy atom. The predicted octanol–water partition coefficient (Wildman–Crippen LogP) is 0.584. The number of nitrogens with one attached hydrogen (secondary N) is 1. The minimum Gasteiger partial charge on any atom is -0.455 e. The molecule has 0 aromatic carbocycles. The first-order chi connectivity index (χ1) is 12.2. The van der Waals surface area contributed by atoms with E-state index >= 15 is 0 Å². The standard InChI is InChI=1S/C17H26N2O7/c1-9(2)23-8-12-14(24-10(3)4)15(25-11(5)20)16(26-12)19-7-6-13(21)18-17(19)22/h6-7,9-10,12,14-16H,8H2,1-5H3,(H,18,21,22)/t12-,14?,15+,16-/m1/s1. The maximum atomic E-state index is 12.2. The molecule has 1 aromatic heterocycles. The van der Waals surface area contributed by atoms with E-state index < -0.39 is 41.8 Å². The summed E-state index contributed by atoms with van der Waals surface area (Å²) in [6.45, 7) is 8.97. The number of ether oxygens (including phenoxy) is 4. The van der Waals surface area contributed by atoms with Crippen LogP contribution >= 0.6 is 0 Å². The summed E-state index contributed by atoms with van der Waals surface area (Å²) in [4.78, 5) is 37.3. The molecule has 0 amide bonds. The predicted molar refractivity (Wildman–Crippen MR) is 91.9 cm³/mol. The number of aromatic amines is 1. The van der Waals surface area contributed by atoms with Gasteiger partial charge in [-0.1, -0.05) is 0 Å². The van der Waals surface area contributed by atoms with Crippen molar-refractivity contribution in [2.75, 3.05) is 6.61 Å². The van der Waals surface area contributed by atoms with Crippen LogP contribution in [0.4, 0.5) is 0 Å². The Morgan fingerprint density at radius 2 is 1.92 bits per heavy atom. The lowest BCUT2D eigenvalue weighted by Gasteiger charge is -2.26. The van der Waals surface area contributed by atoms with Crippen molar-refractivity contribution < 1.29 is 23.7 Å². The molecule has 1 aromatic rings. The molecule has 1 aliphatic heterocycles. The van der Waals surface area contributed by atoms with E-state index in [2.05, 4.69) is 4.98 Å². The van der Waals surface area contributed by atoms with Gasteiger partial charge in [0.15, 0.2) is 12.3 Å². The number of rotatable bonds is 7. The van der Waals surface area contributed by atoms with Crippen molar-refractivity contribution >= 4 is 5.97 Å². The lowest BCUT2D eigenvalue weighted by Crippen LogP contribution is -2.42. The third-order valence-electron chi connectivity index (χ3n) is 3.74. The van der Waals surface area contributed by atoms with Crippen LogP contribution in [0.1, 0.15) is 40.8 Å². The summed E-state index contributed by atoms with van der Waals surface area (Å²) < 4.78 is 24.1. The Morgan fingerprint density at radius 1 is 1.23 bits per heavy atom. The van der Waals surface area contributed by atoms with E-state index in [0.29, 0.717) is 0 Å². The SMILES string of the molecule is CC(=O)O[C@H]1C(OC(C)C)[C@@H](COC(C)C)O[C@H]1n1ccc(=O)[nH]c1=O. The third kappa shape index (κ3) is 5.03. The number of carbonyl (C=O) groups is 1. The van der Waals surface area contributed by atoms with Gasteiger partial charge >= 0.3 is 11.7 Å². The first-order valence-corrected chi connectivity index (χ1v) is 8.60. The van der Waals surface area contributed by atoms with Crippen LogP contribution < -0.4 is 11.2 Å². The average Bonchev–Trinajstić information content (AvgIpc) is 2.82. The number of H-pyrrole nitrogens is 1. The van der Waals surface area contributed by atoms with Gasteiger partial charge in [0.1, 0.15) is 12.2 Å². The summed E-state index contributed by atoms with van der Waals surface area (Å²) >= 11 is 0. The third-order valence-corrected chi connectivity index (χ3v) is 3.74. The first-order valence-electron chi connectivity index (χ1n) is 8.60. The molecule has 2 heterocycles. The van der Waals surface area contributed by atoms with Crippen molar-refractivity contribution in [1.29, 1.82) is 0 Å². The van der Waals surface area contributed by atoms with E-state index in [1.54, 1.807) is 0 Å². The molecule has 0 spiro atoms. The highest BCUT2D eigenvalue weighted by atomic mass is 16.6. The number of esters is 1. The van der Waals surface area contributed by atoms with Crippen LogP contribution in [0, 0.1) is 0 Å². The van der Waals surface area contributed by atoms with Gasteiger partial charge < -0.3 is 18.9 Å². The highest BCUT2D eigenvalue weighted by Crippen LogP contribution is 2.34. The van der Waals surface area contributed by atoms with E-state index in [1.165, 1.54) is 23.8 Å². The molecule has 1 unspecified atom stereocenters. The molecule has 1 N–H and O–H groups in total. The zero-order valence-corrected chi connectivity index (χ0v) is 15.6. The van der Waals surface area contributed by atoms with Crippen LogP contribution in [0.3, 0.4) is 0 Å². The van der Waals surface area contributed by atoms with Crippen LogP contribution in [0.25, 0.3) is 0 Å². The van der Waals surface area contributed by atoms with Gasteiger partial charge in [-0.3, -0.25) is 19.1 Å². The highest BCUT2D eigenvalue weighted by molar-refractivity contribution is 5.66. The maximum absolute atomic E-state index is 12.2. The molecule has 0 bridgehead atoms. The second-order valence-electron chi connectivity index (χ2n) is 6.69. The number of hydrogen-bond acceptors (Lipinski definition) is 7. The molecule has 0 radical (unpaired) electrons. The molecular formula is C17H26N2O7. The Hall–Kier alpha value is -1.97. The average molecular weight is 370 g/mol. The first kappa shape index (κ1) is 20.3. The molecule has 26 heavy (non-hydrogen) atoms. The van der Waals surface area contributed by atoms with Gasteiger partial charge in [-0.25, -0.2) is 4.79 Å². The molecule has 1 aliphatic rings. The number of nitrogens with zero attached hydrogens (tertiary/aromatic N) is 1. The molecule has 4 atom stereocenters. The van der Waals surface area contributed by atoms with Crippen molar-refractivity contribution in [3.8, 4) is 0 Å². The highest BCUT2D eigenvalue weighted by Gasteiger charge is 2.49. The summed E-state index contributed by atoms with van der Waals surface area (Å²) in [6, 6.07) is 1.20. The number of hydrogen-bond donors (Lipinski definition) is 1. The summed E-state index contributed by atoms with van der Waals surface area (Å²) in [5, 5.41) is 0. The maximum Gasteiger partial charge on any atom is 0.330 e. The second-order valence-corrected chi connectivity index (χ2v) is 6.69. The topological polar surface area (TPSA) is 109 Å². The van der Waals surface area contributed by atoms with E-state index in [9.17, 15) is 14.4 Å². The zero-order chi connectivity index (χ0) is 19.4. The summed E-state index contributed by atoms with van der Waals surface area (Å²) in [5.74, 6) is -0.524. The largest absolute Gasteiger partial charge is 0.455 e.